The van der Waals surface area contributed by atoms with E-state index in [4.69, 9.17) is 0 Å². The molecule has 2 aliphatic rings. The average Bonchev–Trinajstić information content (AvgIpc) is 2.93. The molecule has 0 radical (unpaired) electrons. The molecule has 0 bridgehead atoms. The van der Waals surface area contributed by atoms with E-state index in [1.807, 2.05) is 18.2 Å². The molecule has 2 heterocycles. The molecule has 5 nitrogen and oxygen atoms in total. The summed E-state index contributed by atoms with van der Waals surface area (Å²) in [4.78, 5) is 28.1. The van der Waals surface area contributed by atoms with Crippen LogP contribution in [-0.2, 0) is 17.9 Å². The molecule has 2 aromatic rings. The Morgan fingerprint density at radius 1 is 1.07 bits per heavy atom. The smallest absolute Gasteiger partial charge is 0.251 e. The summed E-state index contributed by atoms with van der Waals surface area (Å²) in [5.74, 6) is 0.641. The van der Waals surface area contributed by atoms with E-state index < -0.39 is 0 Å². The molecule has 29 heavy (non-hydrogen) atoms. The zero-order valence-corrected chi connectivity index (χ0v) is 17.4. The van der Waals surface area contributed by atoms with Crippen LogP contribution < -0.4 is 10.6 Å². The third-order valence-electron chi connectivity index (χ3n) is 5.50. The van der Waals surface area contributed by atoms with Crippen LogP contribution in [0.5, 0.6) is 0 Å². The minimum atomic E-state index is -0.121. The first-order valence-corrected chi connectivity index (χ1v) is 11.3. The van der Waals surface area contributed by atoms with Crippen LogP contribution in [0.2, 0.25) is 0 Å². The summed E-state index contributed by atoms with van der Waals surface area (Å²) in [6, 6.07) is 13.9. The van der Waals surface area contributed by atoms with Crippen molar-refractivity contribution in [2.24, 2.45) is 0 Å². The number of nitrogens with one attached hydrogen (secondary N) is 2. The lowest BCUT2D eigenvalue weighted by Crippen LogP contribution is -2.30. The van der Waals surface area contributed by atoms with E-state index in [0.717, 1.165) is 41.5 Å². The van der Waals surface area contributed by atoms with Gasteiger partial charge in [-0.15, -0.1) is 11.8 Å². The summed E-state index contributed by atoms with van der Waals surface area (Å²) in [5.41, 5.74) is 3.74. The van der Waals surface area contributed by atoms with Gasteiger partial charge in [-0.1, -0.05) is 30.7 Å². The lowest BCUT2D eigenvalue weighted by Gasteiger charge is -2.27. The van der Waals surface area contributed by atoms with E-state index in [1.54, 1.807) is 17.8 Å². The predicted octanol–water partition coefficient (Wildman–Crippen LogP) is 4.04. The molecular formula is C23H27N3O2S. The maximum atomic E-state index is 12.7. The molecule has 0 aliphatic carbocycles. The van der Waals surface area contributed by atoms with Crippen LogP contribution in [0, 0.1) is 0 Å². The van der Waals surface area contributed by atoms with Gasteiger partial charge in [0.2, 0.25) is 5.91 Å². The largest absolute Gasteiger partial charge is 0.348 e. The van der Waals surface area contributed by atoms with Crippen molar-refractivity contribution in [3.8, 4) is 0 Å². The van der Waals surface area contributed by atoms with Gasteiger partial charge in [0, 0.05) is 35.7 Å². The minimum absolute atomic E-state index is 0.000415. The van der Waals surface area contributed by atoms with Crippen LogP contribution in [0.3, 0.4) is 0 Å². The molecule has 2 aliphatic heterocycles. The van der Waals surface area contributed by atoms with Crippen molar-refractivity contribution in [2.45, 2.75) is 43.7 Å². The molecule has 152 valence electrons. The zero-order valence-electron chi connectivity index (χ0n) is 16.6. The van der Waals surface area contributed by atoms with E-state index in [9.17, 15) is 9.59 Å². The Hall–Kier alpha value is -2.31. The highest BCUT2D eigenvalue weighted by Crippen LogP contribution is 2.31. The summed E-state index contributed by atoms with van der Waals surface area (Å²) in [6.07, 6.45) is 4.36. The number of amides is 2. The number of hydrogen-bond donors (Lipinski definition) is 2. The van der Waals surface area contributed by atoms with Crippen molar-refractivity contribution in [3.63, 3.8) is 0 Å². The normalized spacial score (nSPS) is 17.2. The Morgan fingerprint density at radius 2 is 1.86 bits per heavy atom. The molecule has 0 unspecified atom stereocenters. The average molecular weight is 410 g/mol. The molecule has 0 spiro atoms. The van der Waals surface area contributed by atoms with Crippen molar-refractivity contribution in [1.82, 2.24) is 10.2 Å². The Kier molecular flexibility index (Phi) is 6.52. The summed E-state index contributed by atoms with van der Waals surface area (Å²) in [5, 5.41) is 5.95. The second-order valence-electron chi connectivity index (χ2n) is 7.65. The second-order valence-corrected chi connectivity index (χ2v) is 8.78. The van der Waals surface area contributed by atoms with E-state index in [1.165, 1.54) is 24.8 Å². The number of rotatable bonds is 5. The Balaban J connectivity index is 1.42. The zero-order chi connectivity index (χ0) is 20.1. The number of piperidine rings is 1. The third-order valence-corrected chi connectivity index (χ3v) is 6.58. The molecule has 2 N–H and O–H groups in total. The molecule has 0 aromatic heterocycles. The second kappa shape index (κ2) is 9.46. The van der Waals surface area contributed by atoms with Gasteiger partial charge in [-0.05, 0) is 55.3 Å². The van der Waals surface area contributed by atoms with Gasteiger partial charge in [-0.25, -0.2) is 0 Å². The molecule has 4 rings (SSSR count). The maximum absolute atomic E-state index is 12.7. The number of carbonyl (C=O) groups excluding carboxylic acids is 2. The van der Waals surface area contributed by atoms with Crippen LogP contribution in [0.1, 0.15) is 47.2 Å². The van der Waals surface area contributed by atoms with Crippen molar-refractivity contribution >= 4 is 29.3 Å². The van der Waals surface area contributed by atoms with E-state index in [2.05, 4.69) is 33.7 Å². The highest BCUT2D eigenvalue weighted by Gasteiger charge is 2.16. The van der Waals surface area contributed by atoms with Crippen LogP contribution in [0.4, 0.5) is 5.69 Å². The molecule has 0 atom stereocenters. The number of fused-ring (bicyclic) bond motifs is 1. The minimum Gasteiger partial charge on any atom is -0.348 e. The molecular weight excluding hydrogens is 382 g/mol. The Bertz CT molecular complexity index is 893. The molecule has 2 aromatic carbocycles. The van der Waals surface area contributed by atoms with Crippen molar-refractivity contribution in [3.05, 3.63) is 59.2 Å². The number of likely N-dealkylation sites (tertiary alicyclic amines) is 1. The van der Waals surface area contributed by atoms with Gasteiger partial charge >= 0.3 is 0 Å². The molecule has 2 amide bonds. The lowest BCUT2D eigenvalue weighted by atomic mass is 10.0. The van der Waals surface area contributed by atoms with E-state index >= 15 is 0 Å². The van der Waals surface area contributed by atoms with Crippen molar-refractivity contribution in [1.29, 1.82) is 0 Å². The van der Waals surface area contributed by atoms with Gasteiger partial charge in [0.15, 0.2) is 0 Å². The van der Waals surface area contributed by atoms with Gasteiger partial charge in [0.25, 0.3) is 5.91 Å². The predicted molar refractivity (Wildman–Crippen MR) is 117 cm³/mol. The Morgan fingerprint density at radius 3 is 2.69 bits per heavy atom. The third kappa shape index (κ3) is 5.19. The lowest BCUT2D eigenvalue weighted by molar-refractivity contribution is -0.115. The van der Waals surface area contributed by atoms with Crippen molar-refractivity contribution in [2.75, 3.05) is 24.2 Å². The number of carbonyl (C=O) groups is 2. The van der Waals surface area contributed by atoms with Gasteiger partial charge in [0.05, 0.1) is 5.69 Å². The number of anilines is 1. The first-order valence-electron chi connectivity index (χ1n) is 10.3. The van der Waals surface area contributed by atoms with Gasteiger partial charge in [0.1, 0.15) is 0 Å². The number of benzene rings is 2. The van der Waals surface area contributed by atoms with Crippen molar-refractivity contribution < 1.29 is 9.59 Å². The quantitative estimate of drug-likeness (QED) is 0.783. The first-order chi connectivity index (χ1) is 14.2. The molecule has 1 fully saturated rings. The van der Waals surface area contributed by atoms with Crippen LogP contribution in [0.25, 0.3) is 0 Å². The first kappa shape index (κ1) is 20.0. The van der Waals surface area contributed by atoms with E-state index in [-0.39, 0.29) is 11.8 Å². The van der Waals surface area contributed by atoms with E-state index in [0.29, 0.717) is 18.5 Å². The van der Waals surface area contributed by atoms with Crippen LogP contribution in [-0.4, -0.2) is 35.6 Å². The topological polar surface area (TPSA) is 61.4 Å². The maximum Gasteiger partial charge on any atom is 0.251 e. The summed E-state index contributed by atoms with van der Waals surface area (Å²) in [7, 11) is 0. The SMILES string of the molecule is O=C1CCSc2ccc(C(=O)NCc3ccccc3CN3CCCCC3)cc2N1. The van der Waals surface area contributed by atoms with Crippen LogP contribution >= 0.6 is 11.8 Å². The highest BCUT2D eigenvalue weighted by atomic mass is 32.2. The standard InChI is InChI=1S/C23H27N3O2S/c27-22-10-13-29-21-9-8-17(14-20(21)25-22)23(28)24-15-18-6-2-3-7-19(18)16-26-11-4-1-5-12-26/h2-3,6-9,14H,1,4-5,10-13,15-16H2,(H,24,28)(H,25,27). The number of nitrogens with zero attached hydrogens (tertiary/aromatic N) is 1. The molecule has 1 saturated heterocycles. The fourth-order valence-corrected chi connectivity index (χ4v) is 4.82. The highest BCUT2D eigenvalue weighted by molar-refractivity contribution is 7.99. The van der Waals surface area contributed by atoms with Gasteiger partial charge < -0.3 is 10.6 Å². The molecule has 6 heteroatoms. The number of hydrogen-bond acceptors (Lipinski definition) is 4. The summed E-state index contributed by atoms with van der Waals surface area (Å²) in [6.45, 7) is 3.74. The summed E-state index contributed by atoms with van der Waals surface area (Å²) >= 11 is 1.64. The monoisotopic (exact) mass is 409 g/mol. The Labute approximate surface area is 176 Å². The fourth-order valence-electron chi connectivity index (χ4n) is 3.88. The molecule has 0 saturated carbocycles. The number of thioether (sulfide) groups is 1. The summed E-state index contributed by atoms with van der Waals surface area (Å²) < 4.78 is 0. The fraction of sp³-hybridized carbons (Fsp3) is 0.391. The van der Waals surface area contributed by atoms with Gasteiger partial charge in [-0.2, -0.15) is 0 Å². The van der Waals surface area contributed by atoms with Gasteiger partial charge in [-0.3, -0.25) is 14.5 Å². The van der Waals surface area contributed by atoms with Crippen LogP contribution in [0.15, 0.2) is 47.4 Å².